The van der Waals surface area contributed by atoms with Gasteiger partial charge in [0.2, 0.25) is 11.8 Å². The molecule has 8 nitrogen and oxygen atoms in total. The lowest BCUT2D eigenvalue weighted by Gasteiger charge is -2.29. The predicted octanol–water partition coefficient (Wildman–Crippen LogP) is 4.54. The van der Waals surface area contributed by atoms with E-state index >= 15 is 0 Å². The quantitative estimate of drug-likeness (QED) is 0.413. The van der Waals surface area contributed by atoms with Crippen LogP contribution in [-0.4, -0.2) is 32.5 Å². The van der Waals surface area contributed by atoms with E-state index in [9.17, 15) is 8.78 Å². The molecule has 3 aromatic carbocycles. The summed E-state index contributed by atoms with van der Waals surface area (Å²) < 4.78 is 35.0. The largest absolute Gasteiger partial charge is 0.421 e. The summed E-state index contributed by atoms with van der Waals surface area (Å²) in [4.78, 5) is 6.52. The summed E-state index contributed by atoms with van der Waals surface area (Å²) >= 11 is 0. The van der Waals surface area contributed by atoms with Gasteiger partial charge in [-0.2, -0.15) is 5.10 Å². The summed E-state index contributed by atoms with van der Waals surface area (Å²) in [6.45, 7) is 2.21. The van der Waals surface area contributed by atoms with E-state index in [1.807, 2.05) is 41.3 Å². The Bertz CT molecular complexity index is 1620. The molecule has 174 valence electrons. The number of hydrogen-bond donors (Lipinski definition) is 1. The van der Waals surface area contributed by atoms with E-state index in [1.165, 1.54) is 6.07 Å². The highest BCUT2D eigenvalue weighted by molar-refractivity contribution is 6.06. The molecule has 0 bridgehead atoms. The molecule has 5 aromatic rings. The minimum absolute atomic E-state index is 0.123. The van der Waals surface area contributed by atoms with Crippen molar-refractivity contribution in [3.63, 3.8) is 0 Å². The van der Waals surface area contributed by atoms with Crippen LogP contribution in [0.2, 0.25) is 0 Å². The molecule has 0 amide bonds. The molecule has 0 fully saturated rings. The van der Waals surface area contributed by atoms with Crippen LogP contribution in [0.5, 0.6) is 0 Å². The number of halogens is 2. The lowest BCUT2D eigenvalue weighted by atomic mass is 10.0. The molecule has 1 aliphatic heterocycles. The number of rotatable bonds is 4. The van der Waals surface area contributed by atoms with Gasteiger partial charge in [-0.3, -0.25) is 4.68 Å². The van der Waals surface area contributed by atoms with Crippen LogP contribution in [0.25, 0.3) is 22.4 Å². The molecule has 0 radical (unpaired) electrons. The molecular formula is C25H19F2N7O. The van der Waals surface area contributed by atoms with Gasteiger partial charge in [0.1, 0.15) is 12.5 Å². The number of amidine groups is 1. The predicted molar refractivity (Wildman–Crippen MR) is 127 cm³/mol. The fourth-order valence-corrected chi connectivity index (χ4v) is 4.25. The lowest BCUT2D eigenvalue weighted by molar-refractivity contribution is 0.493. The summed E-state index contributed by atoms with van der Waals surface area (Å²) in [7, 11) is 0. The van der Waals surface area contributed by atoms with Crippen LogP contribution in [0.15, 0.2) is 70.2 Å². The molecule has 10 heteroatoms. The first kappa shape index (κ1) is 21.0. The fourth-order valence-electron chi connectivity index (χ4n) is 4.25. The topological polar surface area (TPSA) is 98.4 Å². The molecule has 2 aromatic heterocycles. The zero-order valence-electron chi connectivity index (χ0n) is 18.6. The first-order valence-corrected chi connectivity index (χ1v) is 10.9. The average Bonchev–Trinajstić information content (AvgIpc) is 3.48. The third-order valence-corrected chi connectivity index (χ3v) is 6.01. The van der Waals surface area contributed by atoms with Gasteiger partial charge in [-0.15, -0.1) is 10.2 Å². The van der Waals surface area contributed by atoms with Crippen molar-refractivity contribution in [3.8, 4) is 11.5 Å². The molecule has 6 rings (SSSR count). The second kappa shape index (κ2) is 8.01. The Labute approximate surface area is 198 Å². The molecular weight excluding hydrogens is 452 g/mol. The Kier molecular flexibility index (Phi) is 4.80. The standard InChI is InChI=1S/C25H19F2N7O/c1-14-31-32-25(35-14)15-5-7-22-19(10-15)24(28)29-13-33(22)18-6-8-21-17(9-18)11-30-34(21)12-16-3-2-4-20(26)23(16)27/h2-11H,12-13H2,1H3,(H2,28,29). The Balaban J connectivity index is 1.34. The summed E-state index contributed by atoms with van der Waals surface area (Å²) in [6.07, 6.45) is 1.71. The molecule has 3 heterocycles. The van der Waals surface area contributed by atoms with Crippen LogP contribution < -0.4 is 10.6 Å². The molecule has 1 aliphatic rings. The van der Waals surface area contributed by atoms with Crippen LogP contribution in [-0.2, 0) is 6.54 Å². The zero-order chi connectivity index (χ0) is 24.1. The van der Waals surface area contributed by atoms with Gasteiger partial charge in [-0.25, -0.2) is 13.8 Å². The Morgan fingerprint density at radius 3 is 2.77 bits per heavy atom. The van der Waals surface area contributed by atoms with Crippen molar-refractivity contribution in [2.45, 2.75) is 13.5 Å². The Hall–Kier alpha value is -4.60. The van der Waals surface area contributed by atoms with Crippen molar-refractivity contribution in [2.24, 2.45) is 10.7 Å². The maximum absolute atomic E-state index is 14.2. The number of aliphatic imine (C=N–C) groups is 1. The smallest absolute Gasteiger partial charge is 0.247 e. The van der Waals surface area contributed by atoms with Gasteiger partial charge in [0.05, 0.1) is 23.9 Å². The number of hydrogen-bond acceptors (Lipinski definition) is 7. The van der Waals surface area contributed by atoms with E-state index in [1.54, 1.807) is 23.9 Å². The minimum atomic E-state index is -0.873. The van der Waals surface area contributed by atoms with Crippen molar-refractivity contribution >= 4 is 28.1 Å². The van der Waals surface area contributed by atoms with Crippen molar-refractivity contribution in [3.05, 3.63) is 89.4 Å². The Morgan fingerprint density at radius 1 is 1.06 bits per heavy atom. The summed E-state index contributed by atoms with van der Waals surface area (Å²) in [5.74, 6) is -0.403. The van der Waals surface area contributed by atoms with Crippen LogP contribution in [0.4, 0.5) is 20.2 Å². The van der Waals surface area contributed by atoms with E-state index in [0.29, 0.717) is 24.3 Å². The van der Waals surface area contributed by atoms with Crippen LogP contribution in [0.3, 0.4) is 0 Å². The number of aryl methyl sites for hydroxylation is 1. The number of benzene rings is 3. The number of aromatic nitrogens is 4. The molecule has 0 saturated heterocycles. The number of nitrogens with two attached hydrogens (primary N) is 1. The Morgan fingerprint density at radius 2 is 1.94 bits per heavy atom. The van der Waals surface area contributed by atoms with E-state index in [2.05, 4.69) is 20.3 Å². The van der Waals surface area contributed by atoms with Gasteiger partial charge >= 0.3 is 0 Å². The average molecular weight is 471 g/mol. The molecule has 35 heavy (non-hydrogen) atoms. The first-order chi connectivity index (χ1) is 17.0. The first-order valence-electron chi connectivity index (χ1n) is 10.9. The van der Waals surface area contributed by atoms with Crippen molar-refractivity contribution in [2.75, 3.05) is 11.6 Å². The SMILES string of the molecule is Cc1nnc(-c2ccc3c(c2)C(N)=NCN3c2ccc3c(cnn3Cc3cccc(F)c3F)c2)o1. The van der Waals surface area contributed by atoms with Gasteiger partial charge in [0, 0.05) is 34.7 Å². The highest BCUT2D eigenvalue weighted by Gasteiger charge is 2.22. The summed E-state index contributed by atoms with van der Waals surface area (Å²) in [5, 5.41) is 13.2. The van der Waals surface area contributed by atoms with Crippen molar-refractivity contribution in [1.29, 1.82) is 0 Å². The highest BCUT2D eigenvalue weighted by Crippen LogP contribution is 2.35. The van der Waals surface area contributed by atoms with E-state index in [4.69, 9.17) is 10.2 Å². The van der Waals surface area contributed by atoms with Gasteiger partial charge in [-0.1, -0.05) is 12.1 Å². The molecule has 0 unspecified atom stereocenters. The maximum atomic E-state index is 14.2. The minimum Gasteiger partial charge on any atom is -0.421 e. The molecule has 0 atom stereocenters. The third-order valence-electron chi connectivity index (χ3n) is 6.01. The number of fused-ring (bicyclic) bond motifs is 2. The summed E-state index contributed by atoms with van der Waals surface area (Å²) in [5.41, 5.74) is 10.6. The third kappa shape index (κ3) is 3.59. The van der Waals surface area contributed by atoms with Gasteiger partial charge in [0.15, 0.2) is 11.6 Å². The lowest BCUT2D eigenvalue weighted by Crippen LogP contribution is -2.29. The van der Waals surface area contributed by atoms with Crippen molar-refractivity contribution in [1.82, 2.24) is 20.0 Å². The summed E-state index contributed by atoms with van der Waals surface area (Å²) in [6, 6.07) is 15.7. The number of nitrogens with zero attached hydrogens (tertiary/aromatic N) is 6. The molecule has 2 N–H and O–H groups in total. The van der Waals surface area contributed by atoms with Gasteiger partial charge in [0.25, 0.3) is 0 Å². The molecule has 0 saturated carbocycles. The fraction of sp³-hybridized carbons (Fsp3) is 0.120. The molecule has 0 spiro atoms. The normalized spacial score (nSPS) is 13.2. The van der Waals surface area contributed by atoms with E-state index in [-0.39, 0.29) is 12.1 Å². The van der Waals surface area contributed by atoms with Crippen molar-refractivity contribution < 1.29 is 13.2 Å². The van der Waals surface area contributed by atoms with Crippen LogP contribution in [0.1, 0.15) is 17.0 Å². The maximum Gasteiger partial charge on any atom is 0.247 e. The van der Waals surface area contributed by atoms with E-state index < -0.39 is 11.6 Å². The zero-order valence-corrected chi connectivity index (χ0v) is 18.6. The second-order valence-corrected chi connectivity index (χ2v) is 8.23. The number of anilines is 2. The van der Waals surface area contributed by atoms with Gasteiger partial charge < -0.3 is 15.1 Å². The highest BCUT2D eigenvalue weighted by atomic mass is 19.2. The second-order valence-electron chi connectivity index (χ2n) is 8.23. The van der Waals surface area contributed by atoms with E-state index in [0.717, 1.165) is 39.5 Å². The van der Waals surface area contributed by atoms with Crippen LogP contribution >= 0.6 is 0 Å². The molecule has 0 aliphatic carbocycles. The van der Waals surface area contributed by atoms with Crippen LogP contribution in [0, 0.1) is 18.6 Å². The van der Waals surface area contributed by atoms with Gasteiger partial charge in [-0.05, 0) is 42.5 Å². The monoisotopic (exact) mass is 471 g/mol.